The number of amides is 3. The number of halogens is 1. The highest BCUT2D eigenvalue weighted by molar-refractivity contribution is 6.33. The van der Waals surface area contributed by atoms with Crippen LogP contribution >= 0.6 is 11.6 Å². The molecule has 152 valence electrons. The fourth-order valence-electron chi connectivity index (χ4n) is 2.97. The first-order valence-corrected chi connectivity index (χ1v) is 9.44. The van der Waals surface area contributed by atoms with Crippen LogP contribution in [-0.4, -0.2) is 33.9 Å². The fraction of sp³-hybridized carbons (Fsp3) is 0.150. The van der Waals surface area contributed by atoms with Gasteiger partial charge in [0.15, 0.2) is 0 Å². The first kappa shape index (κ1) is 19.6. The minimum Gasteiger partial charge on any atom is -0.347 e. The standard InChI is InChI=1S/C20H16ClN5O4/c21-13-7-3-1-5-11(13)18-25-17(30-26-18)10-22-16(27)9-15-20(29)23-14-8-4-2-6-12(14)19(28)24-15/h1-8,15H,9-10H2,(H,22,27)(H,23,29)(H,24,28). The molecule has 3 amide bonds. The molecule has 10 heteroatoms. The molecule has 1 aliphatic heterocycles. The van der Waals surface area contributed by atoms with Crippen LogP contribution in [0.3, 0.4) is 0 Å². The van der Waals surface area contributed by atoms with Gasteiger partial charge in [0, 0.05) is 5.56 Å². The molecule has 2 heterocycles. The molecule has 1 aliphatic rings. The Bertz CT molecular complexity index is 1130. The van der Waals surface area contributed by atoms with E-state index in [-0.39, 0.29) is 18.9 Å². The van der Waals surface area contributed by atoms with Gasteiger partial charge >= 0.3 is 0 Å². The van der Waals surface area contributed by atoms with Gasteiger partial charge in [0.2, 0.25) is 23.5 Å². The Morgan fingerprint density at radius 1 is 1.10 bits per heavy atom. The zero-order valence-electron chi connectivity index (χ0n) is 15.5. The van der Waals surface area contributed by atoms with Crippen LogP contribution in [0, 0.1) is 0 Å². The molecule has 0 saturated heterocycles. The Morgan fingerprint density at radius 3 is 2.63 bits per heavy atom. The molecule has 0 radical (unpaired) electrons. The van der Waals surface area contributed by atoms with Crippen molar-refractivity contribution in [1.82, 2.24) is 20.8 Å². The summed E-state index contributed by atoms with van der Waals surface area (Å²) in [6, 6.07) is 12.7. The monoisotopic (exact) mass is 425 g/mol. The topological polar surface area (TPSA) is 126 Å². The molecular weight excluding hydrogens is 410 g/mol. The summed E-state index contributed by atoms with van der Waals surface area (Å²) in [6.45, 7) is -0.0290. The van der Waals surface area contributed by atoms with Crippen molar-refractivity contribution in [3.05, 3.63) is 65.0 Å². The van der Waals surface area contributed by atoms with Gasteiger partial charge < -0.3 is 20.5 Å². The van der Waals surface area contributed by atoms with E-state index in [0.29, 0.717) is 27.7 Å². The number of fused-ring (bicyclic) bond motifs is 1. The summed E-state index contributed by atoms with van der Waals surface area (Å²) < 4.78 is 5.13. The van der Waals surface area contributed by atoms with E-state index in [9.17, 15) is 14.4 Å². The first-order valence-electron chi connectivity index (χ1n) is 9.06. The van der Waals surface area contributed by atoms with Gasteiger partial charge in [-0.05, 0) is 24.3 Å². The van der Waals surface area contributed by atoms with Crippen molar-refractivity contribution in [3.8, 4) is 11.4 Å². The molecule has 30 heavy (non-hydrogen) atoms. The zero-order chi connectivity index (χ0) is 21.1. The maximum Gasteiger partial charge on any atom is 0.254 e. The number of anilines is 1. The number of carbonyl (C=O) groups excluding carboxylic acids is 3. The minimum atomic E-state index is -1.01. The Balaban J connectivity index is 1.36. The molecule has 0 aliphatic carbocycles. The average Bonchev–Trinajstić information content (AvgIpc) is 3.17. The number of rotatable bonds is 5. The van der Waals surface area contributed by atoms with Crippen LogP contribution in [0.25, 0.3) is 11.4 Å². The van der Waals surface area contributed by atoms with E-state index in [0.717, 1.165) is 0 Å². The number of benzene rings is 2. The lowest BCUT2D eigenvalue weighted by Gasteiger charge is -2.13. The minimum absolute atomic E-state index is 0.0290. The van der Waals surface area contributed by atoms with Gasteiger partial charge in [0.05, 0.1) is 29.2 Å². The third kappa shape index (κ3) is 4.15. The lowest BCUT2D eigenvalue weighted by atomic mass is 10.1. The van der Waals surface area contributed by atoms with Gasteiger partial charge in [-0.15, -0.1) is 0 Å². The van der Waals surface area contributed by atoms with Crippen molar-refractivity contribution in [2.24, 2.45) is 0 Å². The Hall–Kier alpha value is -3.72. The van der Waals surface area contributed by atoms with Gasteiger partial charge in [-0.3, -0.25) is 14.4 Å². The molecule has 2 aromatic carbocycles. The largest absolute Gasteiger partial charge is 0.347 e. The van der Waals surface area contributed by atoms with E-state index in [1.807, 2.05) is 0 Å². The average molecular weight is 426 g/mol. The van der Waals surface area contributed by atoms with E-state index in [4.69, 9.17) is 16.1 Å². The smallest absolute Gasteiger partial charge is 0.254 e. The summed E-state index contributed by atoms with van der Waals surface area (Å²) in [7, 11) is 0. The maximum absolute atomic E-state index is 12.4. The van der Waals surface area contributed by atoms with E-state index in [1.54, 1.807) is 48.5 Å². The van der Waals surface area contributed by atoms with E-state index < -0.39 is 23.8 Å². The number of aromatic nitrogens is 2. The third-order valence-corrected chi connectivity index (χ3v) is 4.79. The fourth-order valence-corrected chi connectivity index (χ4v) is 3.19. The number of carbonyl (C=O) groups is 3. The molecule has 0 bridgehead atoms. The SMILES string of the molecule is O=C(CC1NC(=O)c2ccccc2NC1=O)NCc1nc(-c2ccccc2Cl)no1. The summed E-state index contributed by atoms with van der Waals surface area (Å²) >= 11 is 6.11. The number of hydrogen-bond donors (Lipinski definition) is 3. The number of nitrogens with one attached hydrogen (secondary N) is 3. The molecule has 3 aromatic rings. The summed E-state index contributed by atoms with van der Waals surface area (Å²) in [5.74, 6) is -0.873. The number of hydrogen-bond acceptors (Lipinski definition) is 6. The van der Waals surface area contributed by atoms with Crippen molar-refractivity contribution >= 4 is 35.0 Å². The van der Waals surface area contributed by atoms with Crippen molar-refractivity contribution in [2.45, 2.75) is 19.0 Å². The predicted molar refractivity (Wildman–Crippen MR) is 108 cm³/mol. The predicted octanol–water partition coefficient (Wildman–Crippen LogP) is 2.15. The normalized spacial score (nSPS) is 15.6. The Morgan fingerprint density at radius 2 is 1.83 bits per heavy atom. The van der Waals surface area contributed by atoms with Crippen LogP contribution in [0.1, 0.15) is 22.7 Å². The Kier molecular flexibility index (Phi) is 5.44. The second-order valence-electron chi connectivity index (χ2n) is 6.53. The quantitative estimate of drug-likeness (QED) is 0.575. The molecule has 3 N–H and O–H groups in total. The van der Waals surface area contributed by atoms with Gasteiger partial charge in [0.25, 0.3) is 5.91 Å². The van der Waals surface area contributed by atoms with Crippen LogP contribution in [0.5, 0.6) is 0 Å². The van der Waals surface area contributed by atoms with Crippen LogP contribution in [-0.2, 0) is 16.1 Å². The Labute approximate surface area is 175 Å². The molecule has 0 spiro atoms. The van der Waals surface area contributed by atoms with Crippen LogP contribution in [0.2, 0.25) is 5.02 Å². The van der Waals surface area contributed by atoms with Crippen molar-refractivity contribution in [3.63, 3.8) is 0 Å². The second kappa shape index (κ2) is 8.34. The second-order valence-corrected chi connectivity index (χ2v) is 6.94. The zero-order valence-corrected chi connectivity index (χ0v) is 16.3. The maximum atomic E-state index is 12.4. The molecule has 0 fully saturated rings. The van der Waals surface area contributed by atoms with Gasteiger partial charge in [0.1, 0.15) is 6.04 Å². The van der Waals surface area contributed by atoms with E-state index in [1.165, 1.54) is 0 Å². The van der Waals surface area contributed by atoms with Crippen molar-refractivity contribution < 1.29 is 18.9 Å². The number of nitrogens with zero attached hydrogens (tertiary/aromatic N) is 2. The summed E-state index contributed by atoms with van der Waals surface area (Å²) in [5, 5.41) is 12.2. The number of para-hydroxylation sites is 1. The molecule has 4 rings (SSSR count). The highest BCUT2D eigenvalue weighted by Crippen LogP contribution is 2.24. The lowest BCUT2D eigenvalue weighted by molar-refractivity contribution is -0.125. The highest BCUT2D eigenvalue weighted by atomic mass is 35.5. The molecular formula is C20H16ClN5O4. The summed E-state index contributed by atoms with van der Waals surface area (Å²) in [4.78, 5) is 41.2. The summed E-state index contributed by atoms with van der Waals surface area (Å²) in [6.07, 6.45) is -0.239. The van der Waals surface area contributed by atoms with Gasteiger partial charge in [-0.1, -0.05) is 41.0 Å². The van der Waals surface area contributed by atoms with Crippen LogP contribution in [0.15, 0.2) is 53.1 Å². The summed E-state index contributed by atoms with van der Waals surface area (Å²) in [5.41, 5.74) is 1.35. The molecule has 9 nitrogen and oxygen atoms in total. The first-order chi connectivity index (χ1) is 14.5. The molecule has 1 aromatic heterocycles. The highest BCUT2D eigenvalue weighted by Gasteiger charge is 2.29. The molecule has 1 unspecified atom stereocenters. The van der Waals surface area contributed by atoms with Gasteiger partial charge in [-0.25, -0.2) is 0 Å². The van der Waals surface area contributed by atoms with Crippen molar-refractivity contribution in [2.75, 3.05) is 5.32 Å². The lowest BCUT2D eigenvalue weighted by Crippen LogP contribution is -2.44. The van der Waals surface area contributed by atoms with E-state index >= 15 is 0 Å². The van der Waals surface area contributed by atoms with E-state index in [2.05, 4.69) is 26.1 Å². The van der Waals surface area contributed by atoms with Gasteiger partial charge in [-0.2, -0.15) is 4.98 Å². The molecule has 0 saturated carbocycles. The molecule has 1 atom stereocenters. The third-order valence-electron chi connectivity index (χ3n) is 4.46. The van der Waals surface area contributed by atoms with Crippen molar-refractivity contribution in [1.29, 1.82) is 0 Å². The van der Waals surface area contributed by atoms with Crippen LogP contribution in [0.4, 0.5) is 5.69 Å². The van der Waals surface area contributed by atoms with Crippen LogP contribution < -0.4 is 16.0 Å².